The maximum atomic E-state index is 5.78. The summed E-state index contributed by atoms with van der Waals surface area (Å²) in [5, 5.41) is 3.89. The van der Waals surface area contributed by atoms with Crippen molar-refractivity contribution in [3.8, 4) is 22.9 Å². The van der Waals surface area contributed by atoms with Crippen LogP contribution in [0.5, 0.6) is 11.5 Å². The van der Waals surface area contributed by atoms with Crippen LogP contribution in [-0.4, -0.2) is 23.9 Å². The molecule has 0 saturated carbocycles. The lowest BCUT2D eigenvalue weighted by Gasteiger charge is -2.11. The van der Waals surface area contributed by atoms with E-state index < -0.39 is 0 Å². The summed E-state index contributed by atoms with van der Waals surface area (Å²) in [6.45, 7) is 2.88. The van der Waals surface area contributed by atoms with E-state index in [0.717, 1.165) is 17.7 Å². The Labute approximate surface area is 135 Å². The summed E-state index contributed by atoms with van der Waals surface area (Å²) in [5.74, 6) is 2.47. The molecule has 2 aromatic rings. The van der Waals surface area contributed by atoms with Crippen LogP contribution in [0.4, 0.5) is 0 Å². The predicted octanol–water partition coefficient (Wildman–Crippen LogP) is 4.44. The van der Waals surface area contributed by atoms with Gasteiger partial charge in [0.1, 0.15) is 5.88 Å². The highest BCUT2D eigenvalue weighted by atomic mass is 35.5. The van der Waals surface area contributed by atoms with Crippen LogP contribution in [-0.2, 0) is 5.88 Å². The first kappa shape index (κ1) is 16.6. The minimum absolute atomic E-state index is 0.198. The number of methoxy groups -OCH3 is 1. The first-order valence-corrected chi connectivity index (χ1v) is 8.01. The van der Waals surface area contributed by atoms with E-state index in [1.165, 1.54) is 19.3 Å². The number of ether oxygens (including phenoxy) is 2. The highest BCUT2D eigenvalue weighted by molar-refractivity contribution is 6.16. The zero-order valence-corrected chi connectivity index (χ0v) is 13.7. The van der Waals surface area contributed by atoms with Gasteiger partial charge in [-0.25, -0.2) is 0 Å². The van der Waals surface area contributed by atoms with Gasteiger partial charge in [0.15, 0.2) is 11.5 Å². The highest BCUT2D eigenvalue weighted by Gasteiger charge is 2.12. The summed E-state index contributed by atoms with van der Waals surface area (Å²) in [5.41, 5.74) is 0.801. The molecule has 1 aromatic heterocycles. The van der Waals surface area contributed by atoms with E-state index in [1.54, 1.807) is 7.11 Å². The van der Waals surface area contributed by atoms with E-state index in [4.69, 9.17) is 25.6 Å². The molecule has 0 radical (unpaired) electrons. The molecule has 0 saturated heterocycles. The molecule has 6 heteroatoms. The molecule has 22 heavy (non-hydrogen) atoms. The van der Waals surface area contributed by atoms with Gasteiger partial charge in [0.25, 0.3) is 0 Å². The fourth-order valence-electron chi connectivity index (χ4n) is 2.06. The fraction of sp³-hybridized carbons (Fsp3) is 0.500. The van der Waals surface area contributed by atoms with Gasteiger partial charge in [-0.2, -0.15) is 4.98 Å². The smallest absolute Gasteiger partial charge is 0.241 e. The molecule has 0 amide bonds. The Morgan fingerprint density at radius 1 is 1.18 bits per heavy atom. The molecule has 0 aliphatic heterocycles. The van der Waals surface area contributed by atoms with Gasteiger partial charge in [-0.15, -0.1) is 11.6 Å². The molecule has 5 nitrogen and oxygen atoms in total. The number of unbranched alkanes of at least 4 members (excludes halogenated alkanes) is 3. The van der Waals surface area contributed by atoms with Gasteiger partial charge < -0.3 is 14.0 Å². The lowest BCUT2D eigenvalue weighted by Crippen LogP contribution is -1.99. The molecular formula is C16H21ClN2O3. The third kappa shape index (κ3) is 4.37. The Balaban J connectivity index is 2.03. The largest absolute Gasteiger partial charge is 0.493 e. The van der Waals surface area contributed by atoms with Gasteiger partial charge >= 0.3 is 0 Å². The molecular weight excluding hydrogens is 304 g/mol. The molecule has 0 fully saturated rings. The van der Waals surface area contributed by atoms with Crippen LogP contribution < -0.4 is 9.47 Å². The second kappa shape index (κ2) is 8.63. The van der Waals surface area contributed by atoms with Crippen molar-refractivity contribution in [1.29, 1.82) is 0 Å². The number of nitrogens with zero attached hydrogens (tertiary/aromatic N) is 2. The zero-order valence-electron chi connectivity index (χ0n) is 13.0. The normalized spacial score (nSPS) is 10.7. The van der Waals surface area contributed by atoms with Crippen LogP contribution in [0.25, 0.3) is 11.4 Å². The maximum Gasteiger partial charge on any atom is 0.241 e. The van der Waals surface area contributed by atoms with Gasteiger partial charge in [0.2, 0.25) is 11.7 Å². The zero-order chi connectivity index (χ0) is 15.8. The molecule has 120 valence electrons. The number of hydrogen-bond acceptors (Lipinski definition) is 5. The van der Waals surface area contributed by atoms with E-state index in [2.05, 4.69) is 17.1 Å². The fourth-order valence-corrected chi connectivity index (χ4v) is 2.17. The van der Waals surface area contributed by atoms with Crippen LogP contribution in [0.15, 0.2) is 22.7 Å². The van der Waals surface area contributed by atoms with Crippen molar-refractivity contribution in [3.05, 3.63) is 24.1 Å². The summed E-state index contributed by atoms with van der Waals surface area (Å²) in [6.07, 6.45) is 4.68. The third-order valence-corrected chi connectivity index (χ3v) is 3.49. The first-order chi connectivity index (χ1) is 10.8. The monoisotopic (exact) mass is 324 g/mol. The number of rotatable bonds is 9. The summed E-state index contributed by atoms with van der Waals surface area (Å²) < 4.78 is 16.2. The first-order valence-electron chi connectivity index (χ1n) is 7.48. The number of aromatic nitrogens is 2. The van der Waals surface area contributed by atoms with Gasteiger partial charge in [0, 0.05) is 5.56 Å². The van der Waals surface area contributed by atoms with Crippen molar-refractivity contribution in [2.24, 2.45) is 0 Å². The molecule has 0 spiro atoms. The van der Waals surface area contributed by atoms with E-state index in [0.29, 0.717) is 24.1 Å². The molecule has 0 aliphatic rings. The standard InChI is InChI=1S/C16H21ClN2O3/c1-3-4-5-6-9-21-13-8-7-12(10-14(13)20-2)16-18-15(11-17)22-19-16/h7-8,10H,3-6,9,11H2,1-2H3. The molecule has 2 rings (SSSR count). The molecule has 0 unspecified atom stereocenters. The summed E-state index contributed by atoms with van der Waals surface area (Å²) in [6, 6.07) is 5.59. The number of hydrogen-bond donors (Lipinski definition) is 0. The van der Waals surface area contributed by atoms with Crippen LogP contribution in [0, 0.1) is 0 Å². The predicted molar refractivity (Wildman–Crippen MR) is 85.5 cm³/mol. The number of alkyl halides is 1. The lowest BCUT2D eigenvalue weighted by atomic mass is 10.2. The Hall–Kier alpha value is -1.75. The van der Waals surface area contributed by atoms with Crippen LogP contribution in [0.2, 0.25) is 0 Å². The second-order valence-electron chi connectivity index (χ2n) is 4.92. The Morgan fingerprint density at radius 2 is 2.05 bits per heavy atom. The van der Waals surface area contributed by atoms with Crippen molar-refractivity contribution in [2.75, 3.05) is 13.7 Å². The van der Waals surface area contributed by atoms with Crippen LogP contribution >= 0.6 is 11.6 Å². The maximum absolute atomic E-state index is 5.78. The third-order valence-electron chi connectivity index (χ3n) is 3.26. The summed E-state index contributed by atoms with van der Waals surface area (Å²) in [4.78, 5) is 4.19. The van der Waals surface area contributed by atoms with Crippen molar-refractivity contribution in [1.82, 2.24) is 10.1 Å². The Kier molecular flexibility index (Phi) is 6.52. The van der Waals surface area contributed by atoms with Gasteiger partial charge in [-0.3, -0.25) is 0 Å². The van der Waals surface area contributed by atoms with E-state index in [1.807, 2.05) is 18.2 Å². The number of halogens is 1. The Bertz CT molecular complexity index is 587. The van der Waals surface area contributed by atoms with Gasteiger partial charge in [-0.1, -0.05) is 31.3 Å². The molecule has 0 aliphatic carbocycles. The van der Waals surface area contributed by atoms with Gasteiger partial charge in [-0.05, 0) is 24.6 Å². The quantitative estimate of drug-likeness (QED) is 0.504. The van der Waals surface area contributed by atoms with E-state index in [9.17, 15) is 0 Å². The summed E-state index contributed by atoms with van der Waals surface area (Å²) >= 11 is 5.66. The molecule has 1 aromatic carbocycles. The van der Waals surface area contributed by atoms with Crippen molar-refractivity contribution < 1.29 is 14.0 Å². The number of benzene rings is 1. The molecule has 0 bridgehead atoms. The summed E-state index contributed by atoms with van der Waals surface area (Å²) in [7, 11) is 1.61. The van der Waals surface area contributed by atoms with Crippen molar-refractivity contribution in [2.45, 2.75) is 38.5 Å². The van der Waals surface area contributed by atoms with Crippen LogP contribution in [0.3, 0.4) is 0 Å². The molecule has 1 heterocycles. The lowest BCUT2D eigenvalue weighted by molar-refractivity contribution is 0.285. The van der Waals surface area contributed by atoms with Crippen LogP contribution in [0.1, 0.15) is 38.5 Å². The average molecular weight is 325 g/mol. The second-order valence-corrected chi connectivity index (χ2v) is 5.19. The highest BCUT2D eigenvalue weighted by Crippen LogP contribution is 2.31. The minimum Gasteiger partial charge on any atom is -0.493 e. The van der Waals surface area contributed by atoms with E-state index in [-0.39, 0.29) is 5.88 Å². The molecule has 0 N–H and O–H groups in total. The van der Waals surface area contributed by atoms with Crippen molar-refractivity contribution in [3.63, 3.8) is 0 Å². The molecule has 0 atom stereocenters. The average Bonchev–Trinajstić information content (AvgIpc) is 3.04. The Morgan fingerprint density at radius 3 is 2.73 bits per heavy atom. The SMILES string of the molecule is CCCCCCOc1ccc(-c2noc(CCl)n2)cc1OC. The van der Waals surface area contributed by atoms with Crippen molar-refractivity contribution >= 4 is 11.6 Å². The van der Waals surface area contributed by atoms with Gasteiger partial charge in [0.05, 0.1) is 13.7 Å². The van der Waals surface area contributed by atoms with E-state index >= 15 is 0 Å². The topological polar surface area (TPSA) is 57.4 Å². The minimum atomic E-state index is 0.198.